The van der Waals surface area contributed by atoms with Gasteiger partial charge >= 0.3 is 0 Å². The lowest BCUT2D eigenvalue weighted by Crippen LogP contribution is -2.31. The second-order valence-electron chi connectivity index (χ2n) is 5.20. The van der Waals surface area contributed by atoms with Crippen LogP contribution in [0.15, 0.2) is 36.5 Å². The fraction of sp³-hybridized carbons (Fsp3) is 0.333. The summed E-state index contributed by atoms with van der Waals surface area (Å²) in [5, 5.41) is 3.96. The number of aromatic nitrogens is 1. The Bertz CT molecular complexity index is 617. The minimum Gasteiger partial charge on any atom is -0.351 e. The molecule has 1 aromatic carbocycles. The molecule has 0 aliphatic heterocycles. The molecule has 1 aliphatic carbocycles. The molecule has 1 saturated carbocycles. The van der Waals surface area contributed by atoms with E-state index in [-0.39, 0.29) is 11.3 Å². The van der Waals surface area contributed by atoms with Crippen LogP contribution in [0.1, 0.15) is 23.2 Å². The number of carbonyl (C=O) groups is 1. The Kier molecular flexibility index (Phi) is 3.15. The average Bonchev–Trinajstić information content (AvgIpc) is 3.25. The lowest BCUT2D eigenvalue weighted by atomic mass is 10.1. The molecular formula is C15H15ClN2O. The summed E-state index contributed by atoms with van der Waals surface area (Å²) in [5.41, 5.74) is 1.51. The van der Waals surface area contributed by atoms with Gasteiger partial charge in [-0.2, -0.15) is 0 Å². The van der Waals surface area contributed by atoms with E-state index in [1.165, 1.54) is 0 Å². The molecule has 1 aromatic heterocycles. The molecule has 0 unspecified atom stereocenters. The van der Waals surface area contributed by atoms with Crippen molar-refractivity contribution >= 4 is 28.4 Å². The quantitative estimate of drug-likeness (QED) is 0.871. The van der Waals surface area contributed by atoms with E-state index in [4.69, 9.17) is 11.6 Å². The van der Waals surface area contributed by atoms with Gasteiger partial charge in [-0.15, -0.1) is 11.6 Å². The van der Waals surface area contributed by atoms with Crippen LogP contribution in [0, 0.1) is 5.41 Å². The zero-order chi connectivity index (χ0) is 13.3. The fourth-order valence-electron chi connectivity index (χ4n) is 2.18. The highest BCUT2D eigenvalue weighted by molar-refractivity contribution is 6.18. The summed E-state index contributed by atoms with van der Waals surface area (Å²) in [6.45, 7) is 0.651. The topological polar surface area (TPSA) is 42.0 Å². The predicted octanol–water partition coefficient (Wildman–Crippen LogP) is 2.98. The summed E-state index contributed by atoms with van der Waals surface area (Å²) in [5.74, 6) is 0.543. The molecule has 3 nitrogen and oxygen atoms in total. The number of hydrogen-bond acceptors (Lipinski definition) is 2. The third kappa shape index (κ3) is 2.43. The monoisotopic (exact) mass is 274 g/mol. The van der Waals surface area contributed by atoms with Crippen molar-refractivity contribution in [1.82, 2.24) is 10.3 Å². The molecule has 4 heteroatoms. The van der Waals surface area contributed by atoms with E-state index in [2.05, 4.69) is 10.3 Å². The minimum absolute atomic E-state index is 0.0688. The smallest absolute Gasteiger partial charge is 0.253 e. The van der Waals surface area contributed by atoms with Crippen molar-refractivity contribution in [3.8, 4) is 0 Å². The van der Waals surface area contributed by atoms with E-state index >= 15 is 0 Å². The molecule has 1 fully saturated rings. The van der Waals surface area contributed by atoms with E-state index in [1.54, 1.807) is 6.20 Å². The number of fused-ring (bicyclic) bond motifs is 1. The minimum atomic E-state index is -0.0688. The molecule has 0 atom stereocenters. The van der Waals surface area contributed by atoms with E-state index in [0.717, 1.165) is 23.7 Å². The Hall–Kier alpha value is -1.61. The van der Waals surface area contributed by atoms with E-state index in [0.29, 0.717) is 18.0 Å². The summed E-state index contributed by atoms with van der Waals surface area (Å²) in [7, 11) is 0. The van der Waals surface area contributed by atoms with E-state index in [9.17, 15) is 4.79 Å². The first-order chi connectivity index (χ1) is 9.24. The van der Waals surface area contributed by atoms with Gasteiger partial charge in [0.25, 0.3) is 5.91 Å². The summed E-state index contributed by atoms with van der Waals surface area (Å²) < 4.78 is 0. The van der Waals surface area contributed by atoms with Crippen LogP contribution < -0.4 is 5.32 Å². The number of rotatable bonds is 4. The molecule has 0 radical (unpaired) electrons. The first-order valence-corrected chi connectivity index (χ1v) is 6.95. The van der Waals surface area contributed by atoms with Crippen LogP contribution in [-0.4, -0.2) is 23.3 Å². The van der Waals surface area contributed by atoms with Crippen LogP contribution >= 0.6 is 11.6 Å². The summed E-state index contributed by atoms with van der Waals surface area (Å²) >= 11 is 5.92. The molecule has 0 bridgehead atoms. The number of benzene rings is 1. The lowest BCUT2D eigenvalue weighted by Gasteiger charge is -2.13. The third-order valence-corrected chi connectivity index (χ3v) is 4.31. The van der Waals surface area contributed by atoms with Gasteiger partial charge in [-0.05, 0) is 25.0 Å². The Balaban J connectivity index is 1.82. The summed E-state index contributed by atoms with van der Waals surface area (Å²) in [4.78, 5) is 16.6. The molecule has 1 aliphatic rings. The number of carbonyl (C=O) groups excluding carboxylic acids is 1. The normalized spacial score (nSPS) is 16.3. The van der Waals surface area contributed by atoms with Gasteiger partial charge in [0, 0.05) is 29.4 Å². The number of para-hydroxylation sites is 1. The highest BCUT2D eigenvalue weighted by Gasteiger charge is 2.41. The second kappa shape index (κ2) is 4.82. The van der Waals surface area contributed by atoms with E-state index in [1.807, 2.05) is 30.3 Å². The van der Waals surface area contributed by atoms with Crippen molar-refractivity contribution in [3.63, 3.8) is 0 Å². The Morgan fingerprint density at radius 1 is 1.32 bits per heavy atom. The number of nitrogens with zero attached hydrogens (tertiary/aromatic N) is 1. The molecule has 0 saturated heterocycles. The highest BCUT2D eigenvalue weighted by atomic mass is 35.5. The third-order valence-electron chi connectivity index (χ3n) is 3.74. The molecule has 1 N–H and O–H groups in total. The zero-order valence-electron chi connectivity index (χ0n) is 10.5. The maximum absolute atomic E-state index is 12.3. The van der Waals surface area contributed by atoms with Crippen LogP contribution in [-0.2, 0) is 0 Å². The van der Waals surface area contributed by atoms with Crippen molar-refractivity contribution in [3.05, 3.63) is 42.1 Å². The molecule has 1 amide bonds. The SMILES string of the molecule is O=C(NCC1(CCl)CC1)c1cccc2cccnc12. The number of pyridine rings is 1. The first kappa shape index (κ1) is 12.4. The van der Waals surface area contributed by atoms with Gasteiger partial charge in [-0.3, -0.25) is 9.78 Å². The first-order valence-electron chi connectivity index (χ1n) is 6.42. The van der Waals surface area contributed by atoms with Gasteiger partial charge in [0.1, 0.15) is 0 Å². The van der Waals surface area contributed by atoms with Crippen LogP contribution in [0.2, 0.25) is 0 Å². The summed E-state index contributed by atoms with van der Waals surface area (Å²) in [6, 6.07) is 9.48. The molecule has 2 aromatic rings. The predicted molar refractivity (Wildman–Crippen MR) is 76.5 cm³/mol. The van der Waals surface area contributed by atoms with Crippen molar-refractivity contribution in [1.29, 1.82) is 0 Å². The standard InChI is InChI=1S/C15H15ClN2O/c16-9-15(6-7-15)10-18-14(19)12-5-1-3-11-4-2-8-17-13(11)12/h1-5,8H,6-7,9-10H2,(H,18,19). The van der Waals surface area contributed by atoms with Crippen molar-refractivity contribution in [2.75, 3.05) is 12.4 Å². The maximum Gasteiger partial charge on any atom is 0.253 e. The van der Waals surface area contributed by atoms with Gasteiger partial charge in [0.15, 0.2) is 0 Å². The number of amides is 1. The van der Waals surface area contributed by atoms with Gasteiger partial charge < -0.3 is 5.32 Å². The van der Waals surface area contributed by atoms with Gasteiger partial charge in [-0.25, -0.2) is 0 Å². The van der Waals surface area contributed by atoms with Gasteiger partial charge in [-0.1, -0.05) is 18.2 Å². The molecule has 1 heterocycles. The van der Waals surface area contributed by atoms with Crippen LogP contribution in [0.5, 0.6) is 0 Å². The van der Waals surface area contributed by atoms with Crippen molar-refractivity contribution in [2.24, 2.45) is 5.41 Å². The molecule has 19 heavy (non-hydrogen) atoms. The molecule has 98 valence electrons. The van der Waals surface area contributed by atoms with Crippen LogP contribution in [0.4, 0.5) is 0 Å². The number of halogens is 1. The number of alkyl halides is 1. The largest absolute Gasteiger partial charge is 0.351 e. The summed E-state index contributed by atoms with van der Waals surface area (Å²) in [6.07, 6.45) is 3.91. The lowest BCUT2D eigenvalue weighted by molar-refractivity contribution is 0.0948. The number of nitrogens with one attached hydrogen (secondary N) is 1. The zero-order valence-corrected chi connectivity index (χ0v) is 11.3. The van der Waals surface area contributed by atoms with E-state index < -0.39 is 0 Å². The molecule has 0 spiro atoms. The Morgan fingerprint density at radius 2 is 2.11 bits per heavy atom. The van der Waals surface area contributed by atoms with Crippen LogP contribution in [0.3, 0.4) is 0 Å². The fourth-order valence-corrected chi connectivity index (χ4v) is 2.55. The Labute approximate surface area is 117 Å². The average molecular weight is 275 g/mol. The van der Waals surface area contributed by atoms with Gasteiger partial charge in [0.05, 0.1) is 11.1 Å². The molecular weight excluding hydrogens is 260 g/mol. The van der Waals surface area contributed by atoms with Crippen molar-refractivity contribution < 1.29 is 4.79 Å². The Morgan fingerprint density at radius 3 is 2.84 bits per heavy atom. The van der Waals surface area contributed by atoms with Crippen molar-refractivity contribution in [2.45, 2.75) is 12.8 Å². The van der Waals surface area contributed by atoms with Gasteiger partial charge in [0.2, 0.25) is 0 Å². The highest BCUT2D eigenvalue weighted by Crippen LogP contribution is 2.45. The van der Waals surface area contributed by atoms with Crippen LogP contribution in [0.25, 0.3) is 10.9 Å². The number of hydrogen-bond donors (Lipinski definition) is 1. The maximum atomic E-state index is 12.3. The second-order valence-corrected chi connectivity index (χ2v) is 5.46. The molecule has 3 rings (SSSR count).